The number of fused-ring (bicyclic) bond motifs is 4. The topological polar surface area (TPSA) is 54.3 Å². The second-order valence-electron chi connectivity index (χ2n) is 7.55. The van der Waals surface area contributed by atoms with Gasteiger partial charge in [0.2, 0.25) is 5.91 Å². The summed E-state index contributed by atoms with van der Waals surface area (Å²) in [6, 6.07) is 5.27. The molecule has 1 aromatic heterocycles. The molecule has 0 saturated carbocycles. The summed E-state index contributed by atoms with van der Waals surface area (Å²) in [6.07, 6.45) is 0.942. The van der Waals surface area contributed by atoms with Crippen LogP contribution in [0.25, 0.3) is 0 Å². The first-order chi connectivity index (χ1) is 14.7. The minimum Gasteiger partial charge on any atom is -0.356 e. The number of benzene rings is 1. The molecule has 1 fully saturated rings. The van der Waals surface area contributed by atoms with Crippen LogP contribution in [0.2, 0.25) is 0 Å². The molecule has 2 bridgehead atoms. The quantitative estimate of drug-likeness (QED) is 0.422. The van der Waals surface area contributed by atoms with Crippen molar-refractivity contribution in [1.82, 2.24) is 9.47 Å². The summed E-state index contributed by atoms with van der Waals surface area (Å²) >= 11 is 6.42. The van der Waals surface area contributed by atoms with Crippen LogP contribution in [0.3, 0.4) is 0 Å². The lowest BCUT2D eigenvalue weighted by molar-refractivity contribution is -0.113. The number of thioether (sulfide) groups is 1. The Morgan fingerprint density at radius 2 is 1.84 bits per heavy atom. The monoisotopic (exact) mass is 471 g/mol. The van der Waals surface area contributed by atoms with E-state index in [2.05, 4.69) is 0 Å². The number of rotatable bonds is 3. The predicted octanol–water partition coefficient (Wildman–Crippen LogP) is 3.48. The zero-order valence-corrected chi connectivity index (χ0v) is 17.7. The highest BCUT2D eigenvalue weighted by Gasteiger charge is 2.35. The number of aromatic nitrogens is 1. The molecule has 4 rings (SSSR count). The van der Waals surface area contributed by atoms with Gasteiger partial charge in [-0.25, -0.2) is 17.6 Å². The number of nitrogens with one attached hydrogen (secondary N) is 1. The summed E-state index contributed by atoms with van der Waals surface area (Å²) in [5.41, 5.74) is -0.232. The number of hydrogen-bond acceptors (Lipinski definition) is 4. The third-order valence-corrected chi connectivity index (χ3v) is 6.96. The normalized spacial score (nSPS) is 19.7. The molecule has 2 aromatic rings. The van der Waals surface area contributed by atoms with Gasteiger partial charge < -0.3 is 14.8 Å². The molecule has 2 aliphatic heterocycles. The number of carbonyl (C=O) groups is 1. The van der Waals surface area contributed by atoms with Crippen LogP contribution in [0.4, 0.5) is 23.2 Å². The molecule has 2 aliphatic rings. The fraction of sp³-hybridized carbons (Fsp3) is 0.350. The highest BCUT2D eigenvalue weighted by Crippen LogP contribution is 2.36. The maximum atomic E-state index is 13.7. The Kier molecular flexibility index (Phi) is 6.07. The van der Waals surface area contributed by atoms with Gasteiger partial charge in [0.15, 0.2) is 23.3 Å². The van der Waals surface area contributed by atoms with Gasteiger partial charge in [-0.2, -0.15) is 0 Å². The number of nitrogens with zero attached hydrogens (tertiary/aromatic N) is 2. The highest BCUT2D eigenvalue weighted by atomic mass is 32.2. The van der Waals surface area contributed by atoms with Gasteiger partial charge in [-0.3, -0.25) is 9.59 Å². The van der Waals surface area contributed by atoms with Crippen molar-refractivity contribution in [3.8, 4) is 0 Å². The Hall–Kier alpha value is -2.40. The summed E-state index contributed by atoms with van der Waals surface area (Å²) in [5.74, 6) is -7.30. The summed E-state index contributed by atoms with van der Waals surface area (Å²) in [7, 11) is 0. The third kappa shape index (κ3) is 4.33. The molecular weight excluding hydrogens is 454 g/mol. The average molecular weight is 472 g/mol. The number of anilines is 1. The lowest BCUT2D eigenvalue weighted by Crippen LogP contribution is -2.48. The van der Waals surface area contributed by atoms with Crippen molar-refractivity contribution in [2.45, 2.75) is 18.9 Å². The van der Waals surface area contributed by atoms with Gasteiger partial charge in [0, 0.05) is 43.4 Å². The van der Waals surface area contributed by atoms with Crippen molar-refractivity contribution in [2.24, 2.45) is 5.92 Å². The summed E-state index contributed by atoms with van der Waals surface area (Å²) in [4.78, 5) is 26.2. The van der Waals surface area contributed by atoms with E-state index >= 15 is 0 Å². The molecule has 0 unspecified atom stereocenters. The smallest absolute Gasteiger partial charge is 0.250 e. The van der Waals surface area contributed by atoms with Crippen molar-refractivity contribution < 1.29 is 22.4 Å². The minimum absolute atomic E-state index is 0.0254. The number of hydrogen-bond donors (Lipinski definition) is 1. The first-order valence-corrected chi connectivity index (χ1v) is 10.9. The van der Waals surface area contributed by atoms with Crippen LogP contribution in [-0.2, 0) is 11.3 Å². The Labute approximate surface area is 184 Å². The van der Waals surface area contributed by atoms with Crippen molar-refractivity contribution in [2.75, 3.05) is 24.2 Å². The zero-order chi connectivity index (χ0) is 22.3. The summed E-state index contributed by atoms with van der Waals surface area (Å²) in [6.45, 7) is 1.81. The molecule has 31 heavy (non-hydrogen) atoms. The first-order valence-electron chi connectivity index (χ1n) is 9.49. The number of amides is 1. The molecule has 2 atom stereocenters. The van der Waals surface area contributed by atoms with Gasteiger partial charge in [0.05, 0.1) is 5.75 Å². The molecule has 0 spiro atoms. The second kappa shape index (κ2) is 8.62. The maximum Gasteiger partial charge on any atom is 0.250 e. The van der Waals surface area contributed by atoms with Crippen LogP contribution in [0.1, 0.15) is 18.0 Å². The Morgan fingerprint density at radius 3 is 2.55 bits per heavy atom. The maximum absolute atomic E-state index is 13.7. The molecule has 1 N–H and O–H groups in total. The fourth-order valence-corrected chi connectivity index (χ4v) is 5.11. The van der Waals surface area contributed by atoms with E-state index in [-0.39, 0.29) is 29.2 Å². The van der Waals surface area contributed by atoms with Gasteiger partial charge in [0.25, 0.3) is 5.56 Å². The van der Waals surface area contributed by atoms with Crippen LogP contribution in [0.15, 0.2) is 29.1 Å². The van der Waals surface area contributed by atoms with Crippen LogP contribution < -0.4 is 10.9 Å². The Morgan fingerprint density at radius 1 is 1.13 bits per heavy atom. The van der Waals surface area contributed by atoms with E-state index in [1.54, 1.807) is 10.6 Å². The molecule has 3 heterocycles. The largest absolute Gasteiger partial charge is 0.356 e. The molecule has 11 heteroatoms. The first kappa shape index (κ1) is 21.8. The lowest BCUT2D eigenvalue weighted by Gasteiger charge is -2.43. The SMILES string of the molecule is O=C(CSC(=S)N1C[C@@H]2C[C@H](C1)c1cccc(=O)n1C2)Nc1c(F)c(F)cc(F)c1F. The summed E-state index contributed by atoms with van der Waals surface area (Å²) in [5, 5.41) is 1.87. The third-order valence-electron chi connectivity index (χ3n) is 5.44. The molecule has 164 valence electrons. The van der Waals surface area contributed by atoms with Crippen molar-refractivity contribution in [3.63, 3.8) is 0 Å². The molecular formula is C20H17F4N3O2S2. The standard InChI is InChI=1S/C20H17F4N3O2S2/c21-12-5-13(22)18(24)19(17(12)23)25-15(28)9-31-20(30)26-6-10-4-11(8-26)14-2-1-3-16(29)27(14)7-10/h1-3,5,10-11H,4,6-9H2,(H,25,28)/t10-,11+/m0/s1. The number of piperidine rings is 1. The highest BCUT2D eigenvalue weighted by molar-refractivity contribution is 8.23. The van der Waals surface area contributed by atoms with E-state index in [9.17, 15) is 27.2 Å². The number of likely N-dealkylation sites (tertiary alicyclic amines) is 1. The average Bonchev–Trinajstić information content (AvgIpc) is 2.74. The van der Waals surface area contributed by atoms with Crippen molar-refractivity contribution >= 4 is 39.9 Å². The molecule has 5 nitrogen and oxygen atoms in total. The van der Waals surface area contributed by atoms with Crippen LogP contribution >= 0.6 is 24.0 Å². The molecule has 1 aromatic carbocycles. The van der Waals surface area contributed by atoms with Crippen LogP contribution in [0, 0.1) is 29.2 Å². The lowest BCUT2D eigenvalue weighted by atomic mass is 9.83. The zero-order valence-electron chi connectivity index (χ0n) is 16.0. The van der Waals surface area contributed by atoms with Gasteiger partial charge in [-0.05, 0) is 18.4 Å². The van der Waals surface area contributed by atoms with E-state index in [1.165, 1.54) is 6.07 Å². The fourth-order valence-electron chi connectivity index (χ4n) is 4.12. The Balaban J connectivity index is 1.38. The summed E-state index contributed by atoms with van der Waals surface area (Å²) < 4.78 is 56.2. The number of carbonyl (C=O) groups excluding carboxylic acids is 1. The van der Waals surface area contributed by atoms with Gasteiger partial charge in [-0.1, -0.05) is 30.0 Å². The van der Waals surface area contributed by atoms with Gasteiger partial charge in [0.1, 0.15) is 10.0 Å². The van der Waals surface area contributed by atoms with Crippen molar-refractivity contribution in [3.05, 3.63) is 63.6 Å². The van der Waals surface area contributed by atoms with E-state index in [4.69, 9.17) is 12.2 Å². The van der Waals surface area contributed by atoms with E-state index < -0.39 is 34.9 Å². The minimum atomic E-state index is -1.67. The molecule has 0 radical (unpaired) electrons. The van der Waals surface area contributed by atoms with Crippen LogP contribution in [0.5, 0.6) is 0 Å². The van der Waals surface area contributed by atoms with Crippen LogP contribution in [-0.4, -0.2) is 38.5 Å². The van der Waals surface area contributed by atoms with E-state index in [0.29, 0.717) is 24.0 Å². The molecule has 1 amide bonds. The van der Waals surface area contributed by atoms with E-state index in [0.717, 1.165) is 23.9 Å². The number of thiocarbonyl (C=S) groups is 1. The number of pyridine rings is 1. The van der Waals surface area contributed by atoms with Gasteiger partial charge in [-0.15, -0.1) is 0 Å². The van der Waals surface area contributed by atoms with E-state index in [1.807, 2.05) is 16.3 Å². The second-order valence-corrected chi connectivity index (χ2v) is 9.16. The predicted molar refractivity (Wildman–Crippen MR) is 113 cm³/mol. The Bertz CT molecular complexity index is 1100. The molecule has 0 aliphatic carbocycles. The number of halogens is 4. The molecule has 1 saturated heterocycles. The van der Waals surface area contributed by atoms with Gasteiger partial charge >= 0.3 is 0 Å². The van der Waals surface area contributed by atoms with Crippen molar-refractivity contribution in [1.29, 1.82) is 0 Å².